The fourth-order valence-electron chi connectivity index (χ4n) is 7.70. The molecule has 42 heavy (non-hydrogen) atoms. The molecule has 3 aromatic carbocycles. The Balaban J connectivity index is 1.01. The summed E-state index contributed by atoms with van der Waals surface area (Å²) in [6, 6.07) is 23.3. The lowest BCUT2D eigenvalue weighted by Gasteiger charge is -2.57. The van der Waals surface area contributed by atoms with Crippen LogP contribution in [0.25, 0.3) is 0 Å². The molecule has 0 aliphatic heterocycles. The lowest BCUT2D eigenvalue weighted by molar-refractivity contribution is -0.120. The first-order chi connectivity index (χ1) is 20.5. The zero-order chi connectivity index (χ0) is 28.9. The molecule has 7 nitrogen and oxygen atoms in total. The monoisotopic (exact) mass is 565 g/mol. The third kappa shape index (κ3) is 6.51. The van der Waals surface area contributed by atoms with Gasteiger partial charge >= 0.3 is 0 Å². The number of nitrogens with zero attached hydrogens (tertiary/aromatic N) is 1. The van der Waals surface area contributed by atoms with Crippen LogP contribution in [0.3, 0.4) is 0 Å². The molecule has 7 heteroatoms. The van der Waals surface area contributed by atoms with Crippen LogP contribution < -0.4 is 20.2 Å². The van der Waals surface area contributed by atoms with Crippen LogP contribution in [-0.4, -0.2) is 31.2 Å². The van der Waals surface area contributed by atoms with Gasteiger partial charge in [0.15, 0.2) is 18.1 Å². The second-order valence-corrected chi connectivity index (χ2v) is 12.2. The van der Waals surface area contributed by atoms with Crippen molar-refractivity contribution >= 4 is 23.7 Å². The van der Waals surface area contributed by atoms with E-state index in [4.69, 9.17) is 9.47 Å². The van der Waals surface area contributed by atoms with Gasteiger partial charge < -0.3 is 14.8 Å². The van der Waals surface area contributed by atoms with Gasteiger partial charge in [0.05, 0.1) is 19.2 Å². The van der Waals surface area contributed by atoms with Crippen LogP contribution in [0.2, 0.25) is 0 Å². The number of amides is 2. The first-order valence-electron chi connectivity index (χ1n) is 15.1. The maximum Gasteiger partial charge on any atom is 0.262 e. The number of hydrogen-bond acceptors (Lipinski definition) is 5. The van der Waals surface area contributed by atoms with Crippen molar-refractivity contribution in [3.8, 4) is 11.5 Å². The highest BCUT2D eigenvalue weighted by atomic mass is 16.5. The fourth-order valence-corrected chi connectivity index (χ4v) is 7.70. The average molecular weight is 566 g/mol. The van der Waals surface area contributed by atoms with E-state index >= 15 is 0 Å². The van der Waals surface area contributed by atoms with E-state index in [0.29, 0.717) is 23.5 Å². The molecule has 2 N–H and O–H groups in total. The van der Waals surface area contributed by atoms with E-state index in [1.165, 1.54) is 44.1 Å². The van der Waals surface area contributed by atoms with Gasteiger partial charge in [-0.1, -0.05) is 42.5 Å². The molecule has 4 saturated carbocycles. The molecule has 0 heterocycles. The van der Waals surface area contributed by atoms with Gasteiger partial charge in [0, 0.05) is 5.69 Å². The van der Waals surface area contributed by atoms with Gasteiger partial charge in [0.1, 0.15) is 0 Å². The Morgan fingerprint density at radius 2 is 1.55 bits per heavy atom. The number of carbonyl (C=O) groups excluding carboxylic acids is 2. The SMILES string of the molecule is CCOc1cc(/C=N/NC(=O)Cc2ccccc2)ccc1OCC(=O)Nc1ccc(C23CC4CC(CC(C4)C2)C3)cc1. The Hall–Kier alpha value is -4.13. The summed E-state index contributed by atoms with van der Waals surface area (Å²) in [5, 5.41) is 7.03. The standard InChI is InChI=1S/C35H39N3O4/c1-2-41-32-17-25(22-36-38-33(39)18-24-6-4-3-5-7-24)8-13-31(32)42-23-34(40)37-30-11-9-29(10-12-30)35-19-26-14-27(20-35)16-28(15-26)21-35/h3-13,17,22,26-28H,2,14-16,18-21,23H2,1H3,(H,37,40)(H,38,39)/b36-22+. The average Bonchev–Trinajstić information content (AvgIpc) is 2.97. The Bertz CT molecular complexity index is 1400. The lowest BCUT2D eigenvalue weighted by atomic mass is 9.48. The summed E-state index contributed by atoms with van der Waals surface area (Å²) in [5.74, 6) is 3.26. The molecule has 0 spiro atoms. The van der Waals surface area contributed by atoms with Gasteiger partial charge in [-0.25, -0.2) is 5.43 Å². The van der Waals surface area contributed by atoms with Crippen LogP contribution in [0.1, 0.15) is 62.1 Å². The summed E-state index contributed by atoms with van der Waals surface area (Å²) < 4.78 is 11.6. The minimum Gasteiger partial charge on any atom is -0.490 e. The highest BCUT2D eigenvalue weighted by Gasteiger charge is 2.51. The Morgan fingerprint density at radius 1 is 0.857 bits per heavy atom. The summed E-state index contributed by atoms with van der Waals surface area (Å²) >= 11 is 0. The second-order valence-electron chi connectivity index (χ2n) is 12.2. The van der Waals surface area contributed by atoms with E-state index in [1.54, 1.807) is 24.4 Å². The van der Waals surface area contributed by atoms with Crippen molar-refractivity contribution in [2.24, 2.45) is 22.9 Å². The molecular weight excluding hydrogens is 526 g/mol. The third-order valence-corrected chi connectivity index (χ3v) is 9.06. The molecule has 0 radical (unpaired) electrons. The van der Waals surface area contributed by atoms with Crippen LogP contribution >= 0.6 is 0 Å². The number of benzene rings is 3. The molecule has 218 valence electrons. The van der Waals surface area contributed by atoms with E-state index in [9.17, 15) is 9.59 Å². The Morgan fingerprint density at radius 3 is 2.21 bits per heavy atom. The van der Waals surface area contributed by atoms with E-state index in [-0.39, 0.29) is 24.8 Å². The first kappa shape index (κ1) is 28.0. The number of hydrogen-bond donors (Lipinski definition) is 2. The number of hydrazone groups is 1. The van der Waals surface area contributed by atoms with E-state index in [1.807, 2.05) is 49.4 Å². The zero-order valence-electron chi connectivity index (χ0n) is 24.2. The van der Waals surface area contributed by atoms with Gasteiger partial charge in [-0.15, -0.1) is 0 Å². The van der Waals surface area contributed by atoms with E-state index in [0.717, 1.165) is 34.6 Å². The number of anilines is 1. The maximum absolute atomic E-state index is 12.7. The molecule has 3 aromatic rings. The molecule has 4 fully saturated rings. The Kier molecular flexibility index (Phi) is 8.27. The van der Waals surface area contributed by atoms with Crippen molar-refractivity contribution in [3.63, 3.8) is 0 Å². The largest absolute Gasteiger partial charge is 0.490 e. The summed E-state index contributed by atoms with van der Waals surface area (Å²) in [5.41, 5.74) is 6.77. The van der Waals surface area contributed by atoms with Crippen molar-refractivity contribution in [2.75, 3.05) is 18.5 Å². The molecule has 2 amide bonds. The van der Waals surface area contributed by atoms with Gasteiger partial charge in [0.2, 0.25) is 5.91 Å². The van der Waals surface area contributed by atoms with Crippen LogP contribution in [0.5, 0.6) is 11.5 Å². The fraction of sp³-hybridized carbons (Fsp3) is 0.400. The van der Waals surface area contributed by atoms with Crippen LogP contribution in [0.15, 0.2) is 77.9 Å². The van der Waals surface area contributed by atoms with E-state index in [2.05, 4.69) is 28.0 Å². The first-order valence-corrected chi connectivity index (χ1v) is 15.1. The third-order valence-electron chi connectivity index (χ3n) is 9.06. The molecule has 4 aliphatic carbocycles. The smallest absolute Gasteiger partial charge is 0.262 e. The Labute approximate surface area is 247 Å². The van der Waals surface area contributed by atoms with Crippen LogP contribution in [0.4, 0.5) is 5.69 Å². The molecule has 0 atom stereocenters. The molecule has 7 rings (SSSR count). The number of ether oxygens (including phenoxy) is 2. The summed E-state index contributed by atoms with van der Waals surface area (Å²) in [6.45, 7) is 2.18. The van der Waals surface area contributed by atoms with Gasteiger partial charge in [-0.2, -0.15) is 5.10 Å². The minimum atomic E-state index is -0.230. The predicted octanol–water partition coefficient (Wildman–Crippen LogP) is 6.26. The molecule has 4 aliphatic rings. The van der Waals surface area contributed by atoms with Gasteiger partial charge in [-0.05, 0) is 116 Å². The summed E-state index contributed by atoms with van der Waals surface area (Å²) in [4.78, 5) is 24.9. The number of nitrogens with one attached hydrogen (secondary N) is 2. The van der Waals surface area contributed by atoms with Crippen molar-refractivity contribution in [1.82, 2.24) is 5.43 Å². The maximum atomic E-state index is 12.7. The van der Waals surface area contributed by atoms with Crippen molar-refractivity contribution in [3.05, 3.63) is 89.5 Å². The van der Waals surface area contributed by atoms with Gasteiger partial charge in [-0.3, -0.25) is 9.59 Å². The van der Waals surface area contributed by atoms with Crippen molar-refractivity contribution in [1.29, 1.82) is 0 Å². The molecule has 0 aromatic heterocycles. The van der Waals surface area contributed by atoms with E-state index < -0.39 is 0 Å². The molecule has 0 saturated heterocycles. The molecular formula is C35H39N3O4. The minimum absolute atomic E-state index is 0.139. The van der Waals surface area contributed by atoms with Crippen LogP contribution in [0, 0.1) is 17.8 Å². The van der Waals surface area contributed by atoms with Gasteiger partial charge in [0.25, 0.3) is 5.91 Å². The highest BCUT2D eigenvalue weighted by Crippen LogP contribution is 2.60. The quantitative estimate of drug-likeness (QED) is 0.212. The van der Waals surface area contributed by atoms with Crippen molar-refractivity contribution in [2.45, 2.75) is 57.3 Å². The molecule has 4 bridgehead atoms. The second kappa shape index (κ2) is 12.4. The van der Waals surface area contributed by atoms with Crippen LogP contribution in [-0.2, 0) is 21.4 Å². The number of rotatable bonds is 11. The zero-order valence-corrected chi connectivity index (χ0v) is 24.2. The highest BCUT2D eigenvalue weighted by molar-refractivity contribution is 5.92. The summed E-state index contributed by atoms with van der Waals surface area (Å²) in [7, 11) is 0. The van der Waals surface area contributed by atoms with Crippen molar-refractivity contribution < 1.29 is 19.1 Å². The predicted molar refractivity (Wildman–Crippen MR) is 164 cm³/mol. The lowest BCUT2D eigenvalue weighted by Crippen LogP contribution is -2.48. The number of carbonyl (C=O) groups is 2. The topological polar surface area (TPSA) is 89.0 Å². The molecule has 0 unspecified atom stereocenters. The summed E-state index contributed by atoms with van der Waals surface area (Å²) in [6.07, 6.45) is 10.1. The normalized spacial score (nSPS) is 24.0.